The number of rotatable bonds is 6. The van der Waals surface area contributed by atoms with Gasteiger partial charge in [-0.2, -0.15) is 0 Å². The maximum atomic E-state index is 10.8. The van der Waals surface area contributed by atoms with Crippen LogP contribution in [0.25, 0.3) is 6.08 Å². The number of hydrogen-bond acceptors (Lipinski definition) is 2. The number of methoxy groups -OCH3 is 1. The topological polar surface area (TPSA) is 26.3 Å². The predicted octanol–water partition coefficient (Wildman–Crippen LogP) is 4.33. The lowest BCUT2D eigenvalue weighted by atomic mass is 10.2. The fraction of sp³-hybridized carbons (Fsp3) is 0.136. The van der Waals surface area contributed by atoms with E-state index < -0.39 is 0 Å². The fourth-order valence-electron chi connectivity index (χ4n) is 1.55. The molecule has 0 aromatic heterocycles. The Labute approximate surface area is 144 Å². The average molecular weight is 316 g/mol. The fourth-order valence-corrected chi connectivity index (χ4v) is 1.55. The van der Waals surface area contributed by atoms with Crippen LogP contribution in [0.3, 0.4) is 0 Å². The third kappa shape index (κ3) is 10.5. The Kier molecular flexibility index (Phi) is 10.5. The largest absolute Gasteiger partial charge is 0.469 e. The molecular formula is C22H20O2. The van der Waals surface area contributed by atoms with Gasteiger partial charge in [0.05, 0.1) is 13.5 Å². The van der Waals surface area contributed by atoms with E-state index in [-0.39, 0.29) is 12.4 Å². The maximum Gasteiger partial charge on any atom is 0.309 e. The number of ether oxygens (including phenoxy) is 1. The van der Waals surface area contributed by atoms with E-state index in [0.29, 0.717) is 0 Å². The standard InChI is InChI=1S/C22H20O2/c1-24-22(23)20-16-11-9-7-5-3-2-4-6-8-10-13-17-21-18-14-12-15-19-21/h2,4,8,10-19H,6,20H2,1H3/b4-2+,10-8-,16-11+,17-13+. The Balaban J connectivity index is 2.21. The number of carbonyl (C=O) groups excluding carboxylic acids is 1. The molecule has 120 valence electrons. The summed E-state index contributed by atoms with van der Waals surface area (Å²) in [7, 11) is 1.36. The lowest BCUT2D eigenvalue weighted by Crippen LogP contribution is -1.96. The summed E-state index contributed by atoms with van der Waals surface area (Å²) in [5, 5.41) is 0. The summed E-state index contributed by atoms with van der Waals surface area (Å²) in [6, 6.07) is 10.2. The highest BCUT2D eigenvalue weighted by Crippen LogP contribution is 2.00. The first-order chi connectivity index (χ1) is 11.8. The van der Waals surface area contributed by atoms with Crippen molar-refractivity contribution in [1.29, 1.82) is 0 Å². The lowest BCUT2D eigenvalue weighted by Gasteiger charge is -1.89. The number of allylic oxidation sites excluding steroid dienone is 6. The lowest BCUT2D eigenvalue weighted by molar-refractivity contribution is -0.139. The van der Waals surface area contributed by atoms with E-state index in [1.54, 1.807) is 18.2 Å². The number of benzene rings is 1. The first kappa shape index (κ1) is 18.8. The zero-order valence-corrected chi connectivity index (χ0v) is 13.7. The van der Waals surface area contributed by atoms with Crippen molar-refractivity contribution in [3.8, 4) is 23.7 Å². The van der Waals surface area contributed by atoms with Gasteiger partial charge in [-0.05, 0) is 36.0 Å². The minimum Gasteiger partial charge on any atom is -0.469 e. The van der Waals surface area contributed by atoms with Crippen molar-refractivity contribution in [2.24, 2.45) is 0 Å². The molecule has 0 fully saturated rings. The van der Waals surface area contributed by atoms with Crippen LogP contribution in [0.5, 0.6) is 0 Å². The summed E-state index contributed by atoms with van der Waals surface area (Å²) in [5.74, 6) is 10.7. The highest BCUT2D eigenvalue weighted by Gasteiger charge is 1.91. The summed E-state index contributed by atoms with van der Waals surface area (Å²) in [5.41, 5.74) is 1.18. The molecule has 0 atom stereocenters. The van der Waals surface area contributed by atoms with Gasteiger partial charge in [0, 0.05) is 0 Å². The quantitative estimate of drug-likeness (QED) is 0.443. The zero-order valence-electron chi connectivity index (χ0n) is 13.7. The van der Waals surface area contributed by atoms with E-state index in [9.17, 15) is 4.79 Å². The minimum absolute atomic E-state index is 0.226. The van der Waals surface area contributed by atoms with Gasteiger partial charge in [-0.3, -0.25) is 4.79 Å². The maximum absolute atomic E-state index is 10.8. The van der Waals surface area contributed by atoms with Crippen LogP contribution in [0, 0.1) is 23.7 Å². The van der Waals surface area contributed by atoms with Gasteiger partial charge in [-0.15, -0.1) is 0 Å². The third-order valence-corrected chi connectivity index (χ3v) is 2.73. The molecule has 1 aromatic rings. The van der Waals surface area contributed by atoms with Crippen LogP contribution in [-0.4, -0.2) is 13.1 Å². The van der Waals surface area contributed by atoms with Crippen molar-refractivity contribution in [2.45, 2.75) is 12.8 Å². The van der Waals surface area contributed by atoms with Crippen LogP contribution in [0.15, 0.2) is 72.9 Å². The smallest absolute Gasteiger partial charge is 0.309 e. The Morgan fingerprint density at radius 3 is 2.42 bits per heavy atom. The molecule has 0 spiro atoms. The van der Waals surface area contributed by atoms with E-state index >= 15 is 0 Å². The molecule has 24 heavy (non-hydrogen) atoms. The van der Waals surface area contributed by atoms with Gasteiger partial charge in [-0.25, -0.2) is 0 Å². The third-order valence-electron chi connectivity index (χ3n) is 2.73. The second-order valence-corrected chi connectivity index (χ2v) is 4.56. The molecule has 1 rings (SSSR count). The molecule has 2 nitrogen and oxygen atoms in total. The Morgan fingerprint density at radius 2 is 1.71 bits per heavy atom. The molecule has 0 heterocycles. The van der Waals surface area contributed by atoms with Gasteiger partial charge in [0.2, 0.25) is 0 Å². The molecule has 0 saturated carbocycles. The van der Waals surface area contributed by atoms with Gasteiger partial charge in [-0.1, -0.05) is 78.6 Å². The van der Waals surface area contributed by atoms with E-state index in [1.165, 1.54) is 12.7 Å². The second kappa shape index (κ2) is 13.4. The van der Waals surface area contributed by atoms with Gasteiger partial charge in [0.1, 0.15) is 0 Å². The molecule has 0 radical (unpaired) electrons. The average Bonchev–Trinajstić information content (AvgIpc) is 2.62. The van der Waals surface area contributed by atoms with Crippen molar-refractivity contribution >= 4 is 12.0 Å². The van der Waals surface area contributed by atoms with Gasteiger partial charge >= 0.3 is 5.97 Å². The van der Waals surface area contributed by atoms with Gasteiger partial charge in [0.25, 0.3) is 0 Å². The molecule has 0 aliphatic heterocycles. The van der Waals surface area contributed by atoms with Crippen molar-refractivity contribution in [2.75, 3.05) is 7.11 Å². The molecule has 0 aliphatic carbocycles. The van der Waals surface area contributed by atoms with Gasteiger partial charge < -0.3 is 4.74 Å². The molecule has 0 N–H and O–H groups in total. The van der Waals surface area contributed by atoms with Crippen molar-refractivity contribution in [1.82, 2.24) is 0 Å². The SMILES string of the molecule is COC(=O)C/C=C/C#CC#C/C=C/C/C=C\C=C\c1ccccc1. The van der Waals surface area contributed by atoms with Gasteiger partial charge in [0.15, 0.2) is 0 Å². The molecule has 0 saturated heterocycles. The van der Waals surface area contributed by atoms with Crippen LogP contribution in [0.4, 0.5) is 0 Å². The van der Waals surface area contributed by atoms with Crippen LogP contribution in [-0.2, 0) is 9.53 Å². The van der Waals surface area contributed by atoms with Crippen molar-refractivity contribution in [3.05, 3.63) is 78.4 Å². The molecular weight excluding hydrogens is 296 g/mol. The molecule has 0 unspecified atom stereocenters. The van der Waals surface area contributed by atoms with Crippen molar-refractivity contribution < 1.29 is 9.53 Å². The van der Waals surface area contributed by atoms with E-state index in [2.05, 4.69) is 52.7 Å². The molecule has 0 bridgehead atoms. The highest BCUT2D eigenvalue weighted by atomic mass is 16.5. The Morgan fingerprint density at radius 1 is 1.00 bits per heavy atom. The normalized spacial score (nSPS) is 10.7. The number of esters is 1. The van der Waals surface area contributed by atoms with Crippen molar-refractivity contribution in [3.63, 3.8) is 0 Å². The molecule has 0 aliphatic rings. The number of carbonyl (C=O) groups is 1. The zero-order chi connectivity index (χ0) is 17.3. The van der Waals surface area contributed by atoms with E-state index in [0.717, 1.165) is 6.42 Å². The molecule has 2 heteroatoms. The second-order valence-electron chi connectivity index (χ2n) is 4.56. The highest BCUT2D eigenvalue weighted by molar-refractivity contribution is 5.71. The summed E-state index contributed by atoms with van der Waals surface area (Å²) in [6.45, 7) is 0. The van der Waals surface area contributed by atoms with Crippen LogP contribution >= 0.6 is 0 Å². The van der Waals surface area contributed by atoms with E-state index in [1.807, 2.05) is 36.4 Å². The minimum atomic E-state index is -0.284. The molecule has 1 aromatic carbocycles. The predicted molar refractivity (Wildman–Crippen MR) is 99.7 cm³/mol. The molecule has 0 amide bonds. The monoisotopic (exact) mass is 316 g/mol. The van der Waals surface area contributed by atoms with Crippen LogP contribution in [0.1, 0.15) is 18.4 Å². The summed E-state index contributed by atoms with van der Waals surface area (Å²) in [6.07, 6.45) is 16.2. The summed E-state index contributed by atoms with van der Waals surface area (Å²) in [4.78, 5) is 10.8. The Hall–Kier alpha value is -3.23. The summed E-state index contributed by atoms with van der Waals surface area (Å²) >= 11 is 0. The van der Waals surface area contributed by atoms with E-state index in [4.69, 9.17) is 0 Å². The first-order valence-corrected chi connectivity index (χ1v) is 7.59. The van der Waals surface area contributed by atoms with Crippen LogP contribution in [0.2, 0.25) is 0 Å². The number of hydrogen-bond donors (Lipinski definition) is 0. The first-order valence-electron chi connectivity index (χ1n) is 7.59. The van der Waals surface area contributed by atoms with Crippen LogP contribution < -0.4 is 0 Å². The summed E-state index contributed by atoms with van der Waals surface area (Å²) < 4.78 is 4.49. The Bertz CT molecular complexity index is 727.